The zero-order chi connectivity index (χ0) is 11.6. The van der Waals surface area contributed by atoms with Crippen molar-refractivity contribution < 1.29 is 0 Å². The van der Waals surface area contributed by atoms with Gasteiger partial charge < -0.3 is 5.73 Å². The molecule has 0 aliphatic heterocycles. The second kappa shape index (κ2) is 4.54. The number of aromatic nitrogens is 1. The zero-order valence-electron chi connectivity index (χ0n) is 10.4. The van der Waals surface area contributed by atoms with E-state index in [2.05, 4.69) is 24.9 Å². The summed E-state index contributed by atoms with van der Waals surface area (Å²) in [5.74, 6) is 0.616. The van der Waals surface area contributed by atoms with Crippen LogP contribution in [0.1, 0.15) is 50.2 Å². The molecule has 0 aromatic carbocycles. The first kappa shape index (κ1) is 11.6. The van der Waals surface area contributed by atoms with Gasteiger partial charge in [0.15, 0.2) is 0 Å². The quantitative estimate of drug-likeness (QED) is 0.828. The van der Waals surface area contributed by atoms with E-state index in [1.807, 2.05) is 12.4 Å². The minimum atomic E-state index is -0.133. The predicted octanol–water partition coefficient (Wildman–Crippen LogP) is 3.14. The van der Waals surface area contributed by atoms with Crippen molar-refractivity contribution >= 4 is 0 Å². The number of hydrogen-bond donors (Lipinski definition) is 1. The number of hydrogen-bond acceptors (Lipinski definition) is 2. The van der Waals surface area contributed by atoms with Crippen LogP contribution in [0.25, 0.3) is 0 Å². The molecule has 16 heavy (non-hydrogen) atoms. The van der Waals surface area contributed by atoms with Gasteiger partial charge in [-0.2, -0.15) is 0 Å². The monoisotopic (exact) mass is 218 g/mol. The highest BCUT2D eigenvalue weighted by atomic mass is 14.8. The van der Waals surface area contributed by atoms with Crippen LogP contribution in [0, 0.1) is 12.8 Å². The summed E-state index contributed by atoms with van der Waals surface area (Å²) in [6, 6.07) is 2.21. The number of aryl methyl sites for hydroxylation is 1. The second-order valence-electron chi connectivity index (χ2n) is 5.14. The number of pyridine rings is 1. The molecule has 0 saturated heterocycles. The normalized spacial score (nSPS) is 30.3. The van der Waals surface area contributed by atoms with Crippen molar-refractivity contribution in [3.63, 3.8) is 0 Å². The van der Waals surface area contributed by atoms with Crippen molar-refractivity contribution in [2.45, 2.75) is 51.5 Å². The molecule has 2 N–H and O–H groups in total. The molecule has 2 rings (SSSR count). The highest BCUT2D eigenvalue weighted by Gasteiger charge is 2.37. The van der Waals surface area contributed by atoms with E-state index in [1.165, 1.54) is 36.8 Å². The van der Waals surface area contributed by atoms with E-state index in [9.17, 15) is 0 Å². The molecule has 1 saturated carbocycles. The Balaban J connectivity index is 2.34. The largest absolute Gasteiger partial charge is 0.321 e. The molecule has 1 aromatic heterocycles. The standard InChI is InChI=1S/C14H22N2/c1-3-12-6-4-5-7-14(12,15)13-8-11(2)9-16-10-13/h8-10,12H,3-7,15H2,1-2H3. The molecular weight excluding hydrogens is 196 g/mol. The molecular formula is C14H22N2. The van der Waals surface area contributed by atoms with Crippen molar-refractivity contribution in [2.75, 3.05) is 0 Å². The van der Waals surface area contributed by atoms with Gasteiger partial charge in [-0.05, 0) is 36.8 Å². The van der Waals surface area contributed by atoms with Gasteiger partial charge in [0.25, 0.3) is 0 Å². The van der Waals surface area contributed by atoms with Gasteiger partial charge in [-0.15, -0.1) is 0 Å². The van der Waals surface area contributed by atoms with E-state index < -0.39 is 0 Å². The maximum atomic E-state index is 6.66. The van der Waals surface area contributed by atoms with E-state index in [0.29, 0.717) is 5.92 Å². The summed E-state index contributed by atoms with van der Waals surface area (Å²) in [7, 11) is 0. The van der Waals surface area contributed by atoms with Crippen molar-refractivity contribution in [2.24, 2.45) is 11.7 Å². The summed E-state index contributed by atoms with van der Waals surface area (Å²) < 4.78 is 0. The molecule has 2 unspecified atom stereocenters. The molecule has 88 valence electrons. The van der Waals surface area contributed by atoms with E-state index >= 15 is 0 Å². The van der Waals surface area contributed by atoms with E-state index in [0.717, 1.165) is 6.42 Å². The maximum Gasteiger partial charge on any atom is 0.0453 e. The molecule has 0 radical (unpaired) electrons. The van der Waals surface area contributed by atoms with Crippen molar-refractivity contribution in [1.29, 1.82) is 0 Å². The summed E-state index contributed by atoms with van der Waals surface area (Å²) in [5.41, 5.74) is 8.98. The van der Waals surface area contributed by atoms with Gasteiger partial charge in [-0.1, -0.05) is 32.3 Å². The van der Waals surface area contributed by atoms with Gasteiger partial charge in [0.2, 0.25) is 0 Å². The number of nitrogens with two attached hydrogens (primary N) is 1. The van der Waals surface area contributed by atoms with Gasteiger partial charge in [0.1, 0.15) is 0 Å². The lowest BCUT2D eigenvalue weighted by Crippen LogP contribution is -2.46. The van der Waals surface area contributed by atoms with Crippen LogP contribution in [-0.2, 0) is 5.54 Å². The molecule has 0 spiro atoms. The molecule has 1 heterocycles. The first-order chi connectivity index (χ1) is 7.66. The third-order valence-electron chi connectivity index (χ3n) is 4.03. The summed E-state index contributed by atoms with van der Waals surface area (Å²) >= 11 is 0. The van der Waals surface area contributed by atoms with Crippen LogP contribution in [-0.4, -0.2) is 4.98 Å². The van der Waals surface area contributed by atoms with Gasteiger partial charge >= 0.3 is 0 Å². The Morgan fingerprint density at radius 1 is 1.44 bits per heavy atom. The topological polar surface area (TPSA) is 38.9 Å². The van der Waals surface area contributed by atoms with Crippen molar-refractivity contribution in [3.05, 3.63) is 29.6 Å². The summed E-state index contributed by atoms with van der Waals surface area (Å²) in [4.78, 5) is 4.29. The Morgan fingerprint density at radius 3 is 2.94 bits per heavy atom. The highest BCUT2D eigenvalue weighted by Crippen LogP contribution is 2.41. The zero-order valence-corrected chi connectivity index (χ0v) is 10.4. The van der Waals surface area contributed by atoms with Crippen LogP contribution in [0.4, 0.5) is 0 Å². The lowest BCUT2D eigenvalue weighted by Gasteiger charge is -2.41. The van der Waals surface area contributed by atoms with Crippen LogP contribution in [0.5, 0.6) is 0 Å². The maximum absolute atomic E-state index is 6.66. The third kappa shape index (κ3) is 1.99. The SMILES string of the molecule is CCC1CCCCC1(N)c1cncc(C)c1. The van der Waals surface area contributed by atoms with Crippen LogP contribution < -0.4 is 5.73 Å². The lowest BCUT2D eigenvalue weighted by molar-refractivity contribution is 0.183. The molecule has 0 amide bonds. The fourth-order valence-electron chi connectivity index (χ4n) is 3.03. The average Bonchev–Trinajstić information content (AvgIpc) is 2.30. The number of nitrogens with zero attached hydrogens (tertiary/aromatic N) is 1. The Labute approximate surface area is 98.3 Å². The summed E-state index contributed by atoms with van der Waals surface area (Å²) in [6.45, 7) is 4.34. The minimum absolute atomic E-state index is 0.133. The van der Waals surface area contributed by atoms with Crippen LogP contribution in [0.2, 0.25) is 0 Å². The Kier molecular flexibility index (Phi) is 3.29. The third-order valence-corrected chi connectivity index (χ3v) is 4.03. The molecule has 2 atom stereocenters. The minimum Gasteiger partial charge on any atom is -0.321 e. The molecule has 1 aliphatic carbocycles. The van der Waals surface area contributed by atoms with E-state index in [4.69, 9.17) is 5.73 Å². The Bertz CT molecular complexity index is 362. The Morgan fingerprint density at radius 2 is 2.25 bits per heavy atom. The first-order valence-corrected chi connectivity index (χ1v) is 6.38. The van der Waals surface area contributed by atoms with Crippen LogP contribution >= 0.6 is 0 Å². The van der Waals surface area contributed by atoms with Crippen LogP contribution in [0.15, 0.2) is 18.5 Å². The lowest BCUT2D eigenvalue weighted by atomic mass is 9.69. The second-order valence-corrected chi connectivity index (χ2v) is 5.14. The van der Waals surface area contributed by atoms with Gasteiger partial charge in [-0.25, -0.2) is 0 Å². The van der Waals surface area contributed by atoms with Gasteiger partial charge in [-0.3, -0.25) is 4.98 Å². The fraction of sp³-hybridized carbons (Fsp3) is 0.643. The fourth-order valence-corrected chi connectivity index (χ4v) is 3.03. The molecule has 1 aliphatic rings. The molecule has 2 nitrogen and oxygen atoms in total. The van der Waals surface area contributed by atoms with E-state index in [1.54, 1.807) is 0 Å². The van der Waals surface area contributed by atoms with E-state index in [-0.39, 0.29) is 5.54 Å². The van der Waals surface area contributed by atoms with Gasteiger partial charge in [0, 0.05) is 17.9 Å². The molecule has 1 fully saturated rings. The first-order valence-electron chi connectivity index (χ1n) is 6.38. The van der Waals surface area contributed by atoms with Crippen molar-refractivity contribution in [3.8, 4) is 0 Å². The smallest absolute Gasteiger partial charge is 0.0453 e. The molecule has 1 aromatic rings. The average molecular weight is 218 g/mol. The summed E-state index contributed by atoms with van der Waals surface area (Å²) in [6.07, 6.45) is 9.98. The van der Waals surface area contributed by atoms with Gasteiger partial charge in [0.05, 0.1) is 0 Å². The van der Waals surface area contributed by atoms with Crippen molar-refractivity contribution in [1.82, 2.24) is 4.98 Å². The predicted molar refractivity (Wildman–Crippen MR) is 67.1 cm³/mol. The summed E-state index contributed by atoms with van der Waals surface area (Å²) in [5, 5.41) is 0. The molecule has 2 heteroatoms. The Hall–Kier alpha value is -0.890. The number of rotatable bonds is 2. The van der Waals surface area contributed by atoms with Crippen LogP contribution in [0.3, 0.4) is 0 Å². The molecule has 0 bridgehead atoms. The highest BCUT2D eigenvalue weighted by molar-refractivity contribution is 5.26.